The number of alkyl halides is 1. The fourth-order valence-corrected chi connectivity index (χ4v) is 3.83. The first-order valence-corrected chi connectivity index (χ1v) is 7.45. The molecular formula is C14H16BrClO2. The molecule has 2 atom stereocenters. The van der Waals surface area contributed by atoms with Crippen molar-refractivity contribution >= 4 is 27.5 Å². The van der Waals surface area contributed by atoms with Crippen molar-refractivity contribution in [2.24, 2.45) is 11.3 Å². The molecule has 0 saturated heterocycles. The van der Waals surface area contributed by atoms with Gasteiger partial charge in [-0.3, -0.25) is 0 Å². The summed E-state index contributed by atoms with van der Waals surface area (Å²) in [7, 11) is 0. The fraction of sp³-hybridized carbons (Fsp3) is 0.571. The zero-order chi connectivity index (χ0) is 12.9. The number of halogens is 2. The fourth-order valence-electron chi connectivity index (χ4n) is 2.52. The number of fused-ring (bicyclic) bond motifs is 1. The summed E-state index contributed by atoms with van der Waals surface area (Å²) in [6.07, 6.45) is 1.18. The summed E-state index contributed by atoms with van der Waals surface area (Å²) in [5.41, 5.74) is 1.47. The molecule has 0 amide bonds. The van der Waals surface area contributed by atoms with E-state index in [9.17, 15) is 0 Å². The highest BCUT2D eigenvalue weighted by Crippen LogP contribution is 2.61. The number of rotatable bonds is 2. The number of ether oxygens (including phenoxy) is 2. The molecule has 2 nitrogen and oxygen atoms in total. The lowest BCUT2D eigenvalue weighted by Gasteiger charge is -2.21. The van der Waals surface area contributed by atoms with Gasteiger partial charge in [0.1, 0.15) is 13.2 Å². The molecule has 98 valence electrons. The van der Waals surface area contributed by atoms with Crippen LogP contribution in [0, 0.1) is 11.3 Å². The van der Waals surface area contributed by atoms with Crippen molar-refractivity contribution in [2.45, 2.75) is 25.6 Å². The largest absolute Gasteiger partial charge is 0.486 e. The van der Waals surface area contributed by atoms with E-state index in [0.29, 0.717) is 24.5 Å². The lowest BCUT2D eigenvalue weighted by molar-refractivity contribution is 0.171. The van der Waals surface area contributed by atoms with E-state index < -0.39 is 0 Å². The third kappa shape index (κ3) is 2.12. The zero-order valence-electron chi connectivity index (χ0n) is 10.5. The van der Waals surface area contributed by atoms with E-state index in [1.54, 1.807) is 0 Å². The molecule has 1 aromatic rings. The predicted molar refractivity (Wildman–Crippen MR) is 75.6 cm³/mol. The first-order chi connectivity index (χ1) is 8.49. The Kier molecular flexibility index (Phi) is 3.02. The second kappa shape index (κ2) is 4.31. The Labute approximate surface area is 121 Å². The van der Waals surface area contributed by atoms with E-state index in [1.807, 2.05) is 12.1 Å². The first kappa shape index (κ1) is 12.6. The van der Waals surface area contributed by atoms with E-state index in [1.165, 1.54) is 6.42 Å². The molecule has 1 aliphatic heterocycles. The average molecular weight is 332 g/mol. The summed E-state index contributed by atoms with van der Waals surface area (Å²) in [6, 6.07) is 3.99. The van der Waals surface area contributed by atoms with E-state index in [4.69, 9.17) is 21.1 Å². The predicted octanol–water partition coefficient (Wildman–Crippen LogP) is 4.55. The van der Waals surface area contributed by atoms with Crippen molar-refractivity contribution in [3.05, 3.63) is 22.2 Å². The Balaban J connectivity index is 1.92. The Hall–Kier alpha value is -0.410. The van der Waals surface area contributed by atoms with Crippen molar-refractivity contribution in [3.8, 4) is 11.5 Å². The molecule has 1 aromatic carbocycles. The van der Waals surface area contributed by atoms with Gasteiger partial charge < -0.3 is 9.47 Å². The van der Waals surface area contributed by atoms with Crippen molar-refractivity contribution in [3.63, 3.8) is 0 Å². The van der Waals surface area contributed by atoms with Crippen LogP contribution in [-0.2, 0) is 0 Å². The van der Waals surface area contributed by atoms with Gasteiger partial charge in [-0.25, -0.2) is 0 Å². The monoisotopic (exact) mass is 330 g/mol. The van der Waals surface area contributed by atoms with Crippen LogP contribution in [0.5, 0.6) is 11.5 Å². The Morgan fingerprint density at radius 1 is 1.28 bits per heavy atom. The third-order valence-corrected chi connectivity index (χ3v) is 5.13. The molecule has 0 radical (unpaired) electrons. The normalized spacial score (nSPS) is 25.7. The average Bonchev–Trinajstić information content (AvgIpc) is 2.97. The minimum Gasteiger partial charge on any atom is -0.486 e. The van der Waals surface area contributed by atoms with Crippen molar-refractivity contribution in [2.75, 3.05) is 13.2 Å². The maximum Gasteiger partial charge on any atom is 0.162 e. The lowest BCUT2D eigenvalue weighted by Crippen LogP contribution is -2.16. The summed E-state index contributed by atoms with van der Waals surface area (Å²) < 4.78 is 12.2. The lowest BCUT2D eigenvalue weighted by atomic mass is 10.0. The molecule has 2 aliphatic rings. The first-order valence-electron chi connectivity index (χ1n) is 6.22. The molecule has 1 fully saturated rings. The van der Waals surface area contributed by atoms with Gasteiger partial charge in [-0.05, 0) is 35.4 Å². The van der Waals surface area contributed by atoms with Gasteiger partial charge in [-0.1, -0.05) is 29.8 Å². The van der Waals surface area contributed by atoms with Gasteiger partial charge in [0.2, 0.25) is 0 Å². The van der Waals surface area contributed by atoms with Crippen LogP contribution in [0.1, 0.15) is 31.2 Å². The van der Waals surface area contributed by atoms with Crippen LogP contribution >= 0.6 is 27.5 Å². The highest BCUT2D eigenvalue weighted by molar-refractivity contribution is 9.10. The minimum atomic E-state index is 0.0326. The molecular weight excluding hydrogens is 316 g/mol. The van der Waals surface area contributed by atoms with E-state index in [2.05, 4.69) is 29.8 Å². The third-order valence-electron chi connectivity index (χ3n) is 3.90. The van der Waals surface area contributed by atoms with E-state index in [-0.39, 0.29) is 5.38 Å². The maximum absolute atomic E-state index is 6.61. The summed E-state index contributed by atoms with van der Waals surface area (Å²) in [5, 5.41) is 0.0326. The van der Waals surface area contributed by atoms with Gasteiger partial charge in [0, 0.05) is 4.47 Å². The number of hydrogen-bond acceptors (Lipinski definition) is 2. The highest BCUT2D eigenvalue weighted by Gasteiger charge is 2.50. The summed E-state index contributed by atoms with van der Waals surface area (Å²) in [6.45, 7) is 5.74. The van der Waals surface area contributed by atoms with Crippen molar-refractivity contribution < 1.29 is 9.47 Å². The highest BCUT2D eigenvalue weighted by atomic mass is 79.9. The van der Waals surface area contributed by atoms with Crippen LogP contribution in [0.4, 0.5) is 0 Å². The van der Waals surface area contributed by atoms with Crippen LogP contribution < -0.4 is 9.47 Å². The molecule has 1 saturated carbocycles. The Morgan fingerprint density at radius 2 is 1.83 bits per heavy atom. The van der Waals surface area contributed by atoms with Gasteiger partial charge in [-0.2, -0.15) is 0 Å². The van der Waals surface area contributed by atoms with Gasteiger partial charge in [0.25, 0.3) is 0 Å². The number of benzene rings is 1. The van der Waals surface area contributed by atoms with Gasteiger partial charge in [-0.15, -0.1) is 11.6 Å². The molecule has 0 bridgehead atoms. The molecule has 4 heteroatoms. The van der Waals surface area contributed by atoms with Gasteiger partial charge in [0.05, 0.1) is 5.38 Å². The molecule has 1 heterocycles. The molecule has 0 N–H and O–H groups in total. The molecule has 1 aliphatic carbocycles. The molecule has 2 unspecified atom stereocenters. The van der Waals surface area contributed by atoms with Gasteiger partial charge in [0.15, 0.2) is 11.5 Å². The Morgan fingerprint density at radius 3 is 2.39 bits per heavy atom. The van der Waals surface area contributed by atoms with Crippen LogP contribution in [0.2, 0.25) is 0 Å². The van der Waals surface area contributed by atoms with E-state index in [0.717, 1.165) is 21.5 Å². The topological polar surface area (TPSA) is 18.5 Å². The maximum atomic E-state index is 6.61. The standard InChI is InChI=1S/C14H16BrClO2/c1-14(2)7-9(14)13(16)8-5-11-12(6-10(8)15)18-4-3-17-11/h5-6,9,13H,3-4,7H2,1-2H3. The smallest absolute Gasteiger partial charge is 0.162 e. The molecule has 18 heavy (non-hydrogen) atoms. The quantitative estimate of drug-likeness (QED) is 0.740. The summed E-state index contributed by atoms with van der Waals surface area (Å²) in [4.78, 5) is 0. The minimum absolute atomic E-state index is 0.0326. The second-order valence-electron chi connectivity index (χ2n) is 5.72. The van der Waals surface area contributed by atoms with Crippen LogP contribution in [0.25, 0.3) is 0 Å². The summed E-state index contributed by atoms with van der Waals surface area (Å²) in [5.74, 6) is 2.15. The summed E-state index contributed by atoms with van der Waals surface area (Å²) >= 11 is 10.2. The van der Waals surface area contributed by atoms with Crippen LogP contribution in [0.15, 0.2) is 16.6 Å². The van der Waals surface area contributed by atoms with Crippen LogP contribution in [-0.4, -0.2) is 13.2 Å². The Bertz CT molecular complexity index is 487. The molecule has 0 spiro atoms. The molecule has 3 rings (SSSR count). The van der Waals surface area contributed by atoms with Gasteiger partial charge >= 0.3 is 0 Å². The van der Waals surface area contributed by atoms with E-state index >= 15 is 0 Å². The van der Waals surface area contributed by atoms with Crippen LogP contribution in [0.3, 0.4) is 0 Å². The number of hydrogen-bond donors (Lipinski definition) is 0. The zero-order valence-corrected chi connectivity index (χ0v) is 12.8. The van der Waals surface area contributed by atoms with Crippen molar-refractivity contribution in [1.29, 1.82) is 0 Å². The SMILES string of the molecule is CC1(C)CC1C(Cl)c1cc2c(cc1Br)OCCO2. The molecule has 0 aromatic heterocycles. The second-order valence-corrected chi connectivity index (χ2v) is 7.04. The van der Waals surface area contributed by atoms with Crippen molar-refractivity contribution in [1.82, 2.24) is 0 Å².